The molecule has 0 fully saturated rings. The molecule has 0 spiro atoms. The Labute approximate surface area is 116 Å². The van der Waals surface area contributed by atoms with E-state index in [-0.39, 0.29) is 17.4 Å². The van der Waals surface area contributed by atoms with E-state index in [1.165, 1.54) is 24.3 Å². The van der Waals surface area contributed by atoms with E-state index in [1.54, 1.807) is 18.2 Å². The van der Waals surface area contributed by atoms with Crippen LogP contribution in [-0.2, 0) is 0 Å². The van der Waals surface area contributed by atoms with Crippen LogP contribution in [0, 0.1) is 23.0 Å². The van der Waals surface area contributed by atoms with Crippen LogP contribution < -0.4 is 5.32 Å². The molecule has 1 N–H and O–H groups in total. The van der Waals surface area contributed by atoms with Crippen LogP contribution in [0.15, 0.2) is 42.5 Å². The molecule has 20 heavy (non-hydrogen) atoms. The zero-order chi connectivity index (χ0) is 14.5. The maximum absolute atomic E-state index is 13.5. The lowest BCUT2D eigenvalue weighted by Gasteiger charge is -2.19. The van der Waals surface area contributed by atoms with Gasteiger partial charge in [0, 0.05) is 0 Å². The van der Waals surface area contributed by atoms with Crippen molar-refractivity contribution >= 4 is 5.69 Å². The van der Waals surface area contributed by atoms with Crippen LogP contribution in [-0.4, -0.2) is 0 Å². The minimum absolute atomic E-state index is 0.0256. The Morgan fingerprint density at radius 1 is 1.20 bits per heavy atom. The van der Waals surface area contributed by atoms with Gasteiger partial charge in [-0.15, -0.1) is 0 Å². The quantitative estimate of drug-likeness (QED) is 0.895. The largest absolute Gasteiger partial charge is 0.377 e. The van der Waals surface area contributed by atoms with Crippen molar-refractivity contribution in [3.8, 4) is 6.07 Å². The average molecular weight is 272 g/mol. The molecule has 0 aliphatic rings. The van der Waals surface area contributed by atoms with E-state index in [9.17, 15) is 8.78 Å². The third-order valence-electron chi connectivity index (χ3n) is 3.11. The van der Waals surface area contributed by atoms with Gasteiger partial charge >= 0.3 is 0 Å². The van der Waals surface area contributed by atoms with Crippen LogP contribution in [0.2, 0.25) is 0 Å². The Morgan fingerprint density at radius 3 is 2.60 bits per heavy atom. The van der Waals surface area contributed by atoms with Gasteiger partial charge in [-0.05, 0) is 36.2 Å². The Kier molecular flexibility index (Phi) is 4.31. The Morgan fingerprint density at radius 2 is 1.95 bits per heavy atom. The van der Waals surface area contributed by atoms with Gasteiger partial charge in [-0.1, -0.05) is 25.1 Å². The molecule has 0 aliphatic carbocycles. The molecule has 2 nitrogen and oxygen atoms in total. The maximum atomic E-state index is 13.5. The summed E-state index contributed by atoms with van der Waals surface area (Å²) in [5.41, 5.74) is 1.16. The topological polar surface area (TPSA) is 35.8 Å². The molecule has 2 rings (SSSR count). The lowest BCUT2D eigenvalue weighted by Crippen LogP contribution is -2.11. The number of hydrogen-bond donors (Lipinski definition) is 1. The van der Waals surface area contributed by atoms with Crippen LogP contribution in [0.3, 0.4) is 0 Å². The second-order valence-corrected chi connectivity index (χ2v) is 4.43. The van der Waals surface area contributed by atoms with Gasteiger partial charge in [0.1, 0.15) is 23.3 Å². The van der Waals surface area contributed by atoms with Crippen molar-refractivity contribution in [2.45, 2.75) is 19.4 Å². The van der Waals surface area contributed by atoms with Crippen molar-refractivity contribution < 1.29 is 8.78 Å². The van der Waals surface area contributed by atoms with Gasteiger partial charge in [0.15, 0.2) is 0 Å². The van der Waals surface area contributed by atoms with E-state index in [4.69, 9.17) is 5.26 Å². The number of anilines is 1. The summed E-state index contributed by atoms with van der Waals surface area (Å²) in [4.78, 5) is 0. The van der Waals surface area contributed by atoms with Gasteiger partial charge in [-0.3, -0.25) is 0 Å². The number of nitriles is 1. The number of benzene rings is 2. The van der Waals surface area contributed by atoms with Gasteiger partial charge in [0.05, 0.1) is 11.7 Å². The van der Waals surface area contributed by atoms with E-state index in [0.29, 0.717) is 12.1 Å². The summed E-state index contributed by atoms with van der Waals surface area (Å²) >= 11 is 0. The number of halogens is 2. The first-order valence-corrected chi connectivity index (χ1v) is 6.36. The fourth-order valence-corrected chi connectivity index (χ4v) is 2.09. The smallest absolute Gasteiger partial charge is 0.143 e. The lowest BCUT2D eigenvalue weighted by atomic mass is 10.0. The van der Waals surface area contributed by atoms with E-state index < -0.39 is 5.82 Å². The minimum atomic E-state index is -0.563. The van der Waals surface area contributed by atoms with Crippen molar-refractivity contribution in [3.63, 3.8) is 0 Å². The number of rotatable bonds is 4. The molecule has 0 radical (unpaired) electrons. The molecule has 2 aromatic carbocycles. The zero-order valence-electron chi connectivity index (χ0n) is 11.0. The summed E-state index contributed by atoms with van der Waals surface area (Å²) in [7, 11) is 0. The van der Waals surface area contributed by atoms with Gasteiger partial charge < -0.3 is 5.32 Å². The second kappa shape index (κ2) is 6.16. The highest BCUT2D eigenvalue weighted by Crippen LogP contribution is 2.26. The molecule has 102 valence electrons. The van der Waals surface area contributed by atoms with Crippen LogP contribution in [0.1, 0.15) is 30.5 Å². The first kappa shape index (κ1) is 14.0. The van der Waals surface area contributed by atoms with Crippen LogP contribution in [0.5, 0.6) is 0 Å². The third-order valence-corrected chi connectivity index (χ3v) is 3.11. The summed E-state index contributed by atoms with van der Waals surface area (Å²) in [6, 6.07) is 12.3. The van der Waals surface area contributed by atoms with Crippen LogP contribution in [0.4, 0.5) is 14.5 Å². The van der Waals surface area contributed by atoms with Crippen LogP contribution >= 0.6 is 0 Å². The molecule has 0 saturated carbocycles. The first-order valence-electron chi connectivity index (χ1n) is 6.36. The van der Waals surface area contributed by atoms with Crippen molar-refractivity contribution in [2.24, 2.45) is 0 Å². The predicted octanol–water partition coefficient (Wildman–Crippen LogP) is 4.40. The number of hydrogen-bond acceptors (Lipinski definition) is 2. The van der Waals surface area contributed by atoms with E-state index in [1.807, 2.05) is 13.0 Å². The van der Waals surface area contributed by atoms with Gasteiger partial charge in [-0.2, -0.15) is 5.26 Å². The highest BCUT2D eigenvalue weighted by Gasteiger charge is 2.14. The third kappa shape index (κ3) is 2.94. The Bertz CT molecular complexity index is 647. The monoisotopic (exact) mass is 272 g/mol. The fourth-order valence-electron chi connectivity index (χ4n) is 2.09. The maximum Gasteiger partial charge on any atom is 0.143 e. The molecular weight excluding hydrogens is 258 g/mol. The molecule has 0 bridgehead atoms. The van der Waals surface area contributed by atoms with Gasteiger partial charge in [0.25, 0.3) is 0 Å². The highest BCUT2D eigenvalue weighted by molar-refractivity contribution is 5.59. The summed E-state index contributed by atoms with van der Waals surface area (Å²) in [6.07, 6.45) is 0.685. The molecule has 1 unspecified atom stereocenters. The van der Waals surface area contributed by atoms with Gasteiger partial charge in [0.2, 0.25) is 0 Å². The standard InChI is InChI=1S/C16H14F2N2/c1-2-15(11-5-3-6-12(17)9-11)20-16-8-4-7-14(18)13(16)10-19/h3-9,15,20H,2H2,1H3. The average Bonchev–Trinajstić information content (AvgIpc) is 2.45. The van der Waals surface area contributed by atoms with Crippen molar-refractivity contribution in [3.05, 3.63) is 65.2 Å². The molecule has 0 aliphatic heterocycles. The Balaban J connectivity index is 2.32. The lowest BCUT2D eigenvalue weighted by molar-refractivity contribution is 0.618. The molecule has 0 amide bonds. The molecule has 0 heterocycles. The van der Waals surface area contributed by atoms with Gasteiger partial charge in [-0.25, -0.2) is 8.78 Å². The van der Waals surface area contributed by atoms with Crippen molar-refractivity contribution in [1.29, 1.82) is 5.26 Å². The second-order valence-electron chi connectivity index (χ2n) is 4.43. The first-order chi connectivity index (χ1) is 9.65. The summed E-state index contributed by atoms with van der Waals surface area (Å²) in [5, 5.41) is 12.1. The minimum Gasteiger partial charge on any atom is -0.377 e. The zero-order valence-corrected chi connectivity index (χ0v) is 11.0. The normalized spacial score (nSPS) is 11.7. The number of nitrogens with one attached hydrogen (secondary N) is 1. The van der Waals surface area contributed by atoms with E-state index in [0.717, 1.165) is 5.56 Å². The molecule has 0 saturated heterocycles. The fraction of sp³-hybridized carbons (Fsp3) is 0.188. The highest BCUT2D eigenvalue weighted by atomic mass is 19.1. The summed E-state index contributed by atoms with van der Waals surface area (Å²) < 4.78 is 26.8. The molecule has 2 aromatic rings. The van der Waals surface area contributed by atoms with Crippen LogP contribution in [0.25, 0.3) is 0 Å². The Hall–Kier alpha value is -2.41. The summed E-state index contributed by atoms with van der Waals surface area (Å²) in [6.45, 7) is 1.94. The SMILES string of the molecule is CCC(Nc1cccc(F)c1C#N)c1cccc(F)c1. The van der Waals surface area contributed by atoms with Crippen molar-refractivity contribution in [1.82, 2.24) is 0 Å². The van der Waals surface area contributed by atoms with E-state index >= 15 is 0 Å². The number of nitrogens with zero attached hydrogens (tertiary/aromatic N) is 1. The predicted molar refractivity (Wildman–Crippen MR) is 74.2 cm³/mol. The van der Waals surface area contributed by atoms with E-state index in [2.05, 4.69) is 5.32 Å². The molecular formula is C16H14F2N2. The summed E-state index contributed by atoms with van der Waals surface area (Å²) in [5.74, 6) is -0.880. The molecule has 1 atom stereocenters. The van der Waals surface area contributed by atoms with Crippen molar-refractivity contribution in [2.75, 3.05) is 5.32 Å². The molecule has 4 heteroatoms. The molecule has 0 aromatic heterocycles.